The van der Waals surface area contributed by atoms with E-state index in [9.17, 15) is 4.79 Å². The van der Waals surface area contributed by atoms with Crippen molar-refractivity contribution in [3.8, 4) is 23.0 Å². The number of rotatable bonds is 7. The summed E-state index contributed by atoms with van der Waals surface area (Å²) in [6.07, 6.45) is 3.69. The van der Waals surface area contributed by atoms with Crippen molar-refractivity contribution in [1.29, 1.82) is 0 Å². The Labute approximate surface area is 146 Å². The van der Waals surface area contributed by atoms with Crippen molar-refractivity contribution >= 4 is 22.8 Å². The number of carbonyl (C=O) groups excluding carboxylic acids is 1. The predicted octanol–water partition coefficient (Wildman–Crippen LogP) is 3.45. The second-order valence-electron chi connectivity index (χ2n) is 5.11. The first-order chi connectivity index (χ1) is 12.1. The van der Waals surface area contributed by atoms with Crippen LogP contribution in [0.25, 0.3) is 16.8 Å². The van der Waals surface area contributed by atoms with Crippen LogP contribution in [0.3, 0.4) is 0 Å². The first kappa shape index (κ1) is 18.4. The maximum absolute atomic E-state index is 11.3. The highest BCUT2D eigenvalue weighted by atomic mass is 16.5. The van der Waals surface area contributed by atoms with Gasteiger partial charge in [-0.25, -0.2) is 0 Å². The van der Waals surface area contributed by atoms with Crippen LogP contribution in [0.5, 0.6) is 23.0 Å². The molecule has 0 atom stereocenters. The van der Waals surface area contributed by atoms with Crippen molar-refractivity contribution in [3.63, 3.8) is 0 Å². The lowest BCUT2D eigenvalue weighted by Crippen LogP contribution is -1.98. The fourth-order valence-corrected chi connectivity index (χ4v) is 2.67. The molecule has 0 bridgehead atoms. The van der Waals surface area contributed by atoms with Crippen LogP contribution in [-0.4, -0.2) is 41.5 Å². The normalized spacial score (nSPS) is 10.8. The standard InChI is InChI=1S/C19H22O6/c1-21-14-10-9-13-17(19(14)25-5)15(22-2)11-12(18(13)24-4)7-6-8-16(20)23-3/h6-7,9-11H,8H2,1-5H3/b7-6+. The quantitative estimate of drug-likeness (QED) is 0.716. The molecule has 0 fully saturated rings. The minimum absolute atomic E-state index is 0.173. The summed E-state index contributed by atoms with van der Waals surface area (Å²) in [4.78, 5) is 11.3. The first-order valence-corrected chi connectivity index (χ1v) is 7.64. The smallest absolute Gasteiger partial charge is 0.309 e. The van der Waals surface area contributed by atoms with E-state index in [1.54, 1.807) is 40.6 Å². The van der Waals surface area contributed by atoms with E-state index in [-0.39, 0.29) is 12.4 Å². The second kappa shape index (κ2) is 8.28. The van der Waals surface area contributed by atoms with E-state index in [2.05, 4.69) is 4.74 Å². The van der Waals surface area contributed by atoms with Gasteiger partial charge in [-0.1, -0.05) is 12.2 Å². The Balaban J connectivity index is 2.68. The maximum Gasteiger partial charge on any atom is 0.309 e. The summed E-state index contributed by atoms with van der Waals surface area (Å²) < 4.78 is 26.7. The van der Waals surface area contributed by atoms with Crippen LogP contribution >= 0.6 is 0 Å². The molecule has 0 aromatic heterocycles. The molecule has 0 amide bonds. The zero-order valence-corrected chi connectivity index (χ0v) is 15.0. The van der Waals surface area contributed by atoms with Gasteiger partial charge < -0.3 is 23.7 Å². The molecular weight excluding hydrogens is 324 g/mol. The Morgan fingerprint density at radius 3 is 2.16 bits per heavy atom. The number of esters is 1. The number of carbonyl (C=O) groups is 1. The molecule has 0 N–H and O–H groups in total. The van der Waals surface area contributed by atoms with E-state index in [4.69, 9.17) is 18.9 Å². The summed E-state index contributed by atoms with van der Waals surface area (Å²) in [7, 11) is 7.69. The number of hydrogen-bond donors (Lipinski definition) is 0. The lowest BCUT2D eigenvalue weighted by Gasteiger charge is -2.17. The van der Waals surface area contributed by atoms with Gasteiger partial charge in [-0.05, 0) is 18.2 Å². The second-order valence-corrected chi connectivity index (χ2v) is 5.11. The molecule has 6 heteroatoms. The Bertz CT molecular complexity index is 794. The Kier molecular flexibility index (Phi) is 6.11. The van der Waals surface area contributed by atoms with Crippen LogP contribution in [0, 0.1) is 0 Å². The van der Waals surface area contributed by atoms with Crippen molar-refractivity contribution in [1.82, 2.24) is 0 Å². The number of benzene rings is 2. The van der Waals surface area contributed by atoms with Gasteiger partial charge in [-0.15, -0.1) is 0 Å². The molecule has 25 heavy (non-hydrogen) atoms. The highest BCUT2D eigenvalue weighted by Crippen LogP contribution is 2.46. The Hall–Kier alpha value is -2.89. The largest absolute Gasteiger partial charge is 0.496 e. The monoisotopic (exact) mass is 346 g/mol. The van der Waals surface area contributed by atoms with E-state index >= 15 is 0 Å². The van der Waals surface area contributed by atoms with Crippen molar-refractivity contribution in [2.75, 3.05) is 35.5 Å². The molecule has 0 aliphatic carbocycles. The summed E-state index contributed by atoms with van der Waals surface area (Å²) in [5, 5.41) is 1.57. The molecule has 0 aliphatic heterocycles. The van der Waals surface area contributed by atoms with Crippen LogP contribution < -0.4 is 18.9 Å². The van der Waals surface area contributed by atoms with E-state index in [0.717, 1.165) is 16.3 Å². The van der Waals surface area contributed by atoms with Crippen LogP contribution in [0.1, 0.15) is 12.0 Å². The Morgan fingerprint density at radius 1 is 0.920 bits per heavy atom. The van der Waals surface area contributed by atoms with E-state index in [1.807, 2.05) is 18.2 Å². The lowest BCUT2D eigenvalue weighted by molar-refractivity contribution is -0.139. The van der Waals surface area contributed by atoms with Crippen molar-refractivity contribution in [2.45, 2.75) is 6.42 Å². The third-order valence-corrected chi connectivity index (χ3v) is 3.82. The minimum atomic E-state index is -0.311. The fraction of sp³-hybridized carbons (Fsp3) is 0.316. The number of hydrogen-bond acceptors (Lipinski definition) is 6. The minimum Gasteiger partial charge on any atom is -0.496 e. The molecule has 0 saturated carbocycles. The van der Waals surface area contributed by atoms with Crippen LogP contribution in [-0.2, 0) is 9.53 Å². The molecule has 0 spiro atoms. The van der Waals surface area contributed by atoms with E-state index in [1.165, 1.54) is 7.11 Å². The lowest BCUT2D eigenvalue weighted by atomic mass is 10.0. The van der Waals surface area contributed by atoms with Crippen LogP contribution in [0.4, 0.5) is 0 Å². The van der Waals surface area contributed by atoms with Gasteiger partial charge in [-0.3, -0.25) is 4.79 Å². The van der Waals surface area contributed by atoms with Crippen molar-refractivity contribution < 1.29 is 28.5 Å². The van der Waals surface area contributed by atoms with Gasteiger partial charge in [0.05, 0.1) is 47.4 Å². The molecule has 0 radical (unpaired) electrons. The van der Waals surface area contributed by atoms with E-state index in [0.29, 0.717) is 23.0 Å². The Morgan fingerprint density at radius 2 is 1.60 bits per heavy atom. The van der Waals surface area contributed by atoms with Crippen molar-refractivity contribution in [2.24, 2.45) is 0 Å². The van der Waals surface area contributed by atoms with Crippen LogP contribution in [0.2, 0.25) is 0 Å². The summed E-state index contributed by atoms with van der Waals surface area (Å²) >= 11 is 0. The average molecular weight is 346 g/mol. The molecule has 2 aromatic rings. The van der Waals surface area contributed by atoms with Gasteiger partial charge in [0.15, 0.2) is 11.5 Å². The first-order valence-electron chi connectivity index (χ1n) is 7.64. The topological polar surface area (TPSA) is 63.2 Å². The summed E-state index contributed by atoms with van der Waals surface area (Å²) in [6, 6.07) is 5.53. The number of fused-ring (bicyclic) bond motifs is 1. The van der Waals surface area contributed by atoms with E-state index < -0.39 is 0 Å². The molecule has 0 aliphatic rings. The summed E-state index contributed by atoms with van der Waals surface area (Å²) in [5.41, 5.74) is 0.781. The predicted molar refractivity (Wildman–Crippen MR) is 95.8 cm³/mol. The molecular formula is C19H22O6. The molecule has 0 heterocycles. The zero-order chi connectivity index (χ0) is 18.4. The molecule has 0 saturated heterocycles. The fourth-order valence-electron chi connectivity index (χ4n) is 2.67. The highest BCUT2D eigenvalue weighted by molar-refractivity contribution is 6.02. The maximum atomic E-state index is 11.3. The summed E-state index contributed by atoms with van der Waals surface area (Å²) in [5.74, 6) is 2.13. The number of methoxy groups -OCH3 is 5. The molecule has 2 aromatic carbocycles. The molecule has 0 unspecified atom stereocenters. The number of ether oxygens (including phenoxy) is 5. The third-order valence-electron chi connectivity index (χ3n) is 3.82. The highest BCUT2D eigenvalue weighted by Gasteiger charge is 2.19. The molecule has 6 nitrogen and oxygen atoms in total. The molecule has 134 valence electrons. The van der Waals surface area contributed by atoms with Gasteiger partial charge in [0.25, 0.3) is 0 Å². The van der Waals surface area contributed by atoms with Gasteiger partial charge in [0.2, 0.25) is 0 Å². The van der Waals surface area contributed by atoms with Gasteiger partial charge in [0.1, 0.15) is 11.5 Å². The zero-order valence-electron chi connectivity index (χ0n) is 15.0. The van der Waals surface area contributed by atoms with Gasteiger partial charge >= 0.3 is 5.97 Å². The van der Waals surface area contributed by atoms with Gasteiger partial charge in [0, 0.05) is 10.9 Å². The van der Waals surface area contributed by atoms with Crippen LogP contribution in [0.15, 0.2) is 24.3 Å². The summed E-state index contributed by atoms with van der Waals surface area (Å²) in [6.45, 7) is 0. The van der Waals surface area contributed by atoms with Crippen molar-refractivity contribution in [3.05, 3.63) is 29.8 Å². The molecule has 2 rings (SSSR count). The third kappa shape index (κ3) is 3.63. The SMILES string of the molecule is COC(=O)C/C=C/c1cc(OC)c2c(OC)c(OC)ccc2c1OC. The average Bonchev–Trinajstić information content (AvgIpc) is 2.65. The van der Waals surface area contributed by atoms with Gasteiger partial charge in [-0.2, -0.15) is 0 Å².